The molecule has 1 unspecified atom stereocenters. The van der Waals surface area contributed by atoms with E-state index in [-0.39, 0.29) is 21.8 Å². The van der Waals surface area contributed by atoms with Crippen LogP contribution in [0.3, 0.4) is 0 Å². The summed E-state index contributed by atoms with van der Waals surface area (Å²) >= 11 is 14.7. The zero-order chi connectivity index (χ0) is 32.4. The molecule has 1 aromatic heterocycles. The van der Waals surface area contributed by atoms with E-state index >= 15 is 4.39 Å². The number of amides is 1. The molecule has 1 fully saturated rings. The number of ketones is 1. The molecule has 0 bridgehead atoms. The van der Waals surface area contributed by atoms with Crippen LogP contribution in [-0.2, 0) is 21.9 Å². The van der Waals surface area contributed by atoms with Gasteiger partial charge in [-0.1, -0.05) is 100 Å². The van der Waals surface area contributed by atoms with Crippen LogP contribution in [0.15, 0.2) is 101 Å². The number of halogens is 3. The Kier molecular flexibility index (Phi) is 9.42. The van der Waals surface area contributed by atoms with Crippen molar-refractivity contribution in [1.29, 1.82) is 0 Å². The maximum atomic E-state index is 15.3. The number of Topliss-reactive ketones (excluding diaryl/α,β-unsaturated/α-hetero) is 1. The first-order valence-electron chi connectivity index (χ1n) is 13.9. The SMILES string of the molecule is Cc1cccc(COc2ccc(C(O)=C3C(=O)C(=O)N(c4nnc(SCc5ccc(Cl)cc5Cl)s4)C3c3ccccc3F)cc2)c1. The fourth-order valence-corrected chi connectivity index (χ4v) is 7.42. The third-order valence-electron chi connectivity index (χ3n) is 7.23. The number of benzene rings is 4. The highest BCUT2D eigenvalue weighted by Gasteiger charge is 2.49. The summed E-state index contributed by atoms with van der Waals surface area (Å²) in [5.41, 5.74) is 2.97. The van der Waals surface area contributed by atoms with Gasteiger partial charge in [0.1, 0.15) is 30.0 Å². The summed E-state index contributed by atoms with van der Waals surface area (Å²) in [4.78, 5) is 28.1. The second-order valence-corrected chi connectivity index (χ2v) is 13.4. The molecule has 2 heterocycles. The predicted molar refractivity (Wildman–Crippen MR) is 179 cm³/mol. The van der Waals surface area contributed by atoms with Gasteiger partial charge in [0.25, 0.3) is 5.78 Å². The van der Waals surface area contributed by atoms with Crippen molar-refractivity contribution in [3.63, 3.8) is 0 Å². The van der Waals surface area contributed by atoms with Crippen LogP contribution in [0.4, 0.5) is 9.52 Å². The highest BCUT2D eigenvalue weighted by molar-refractivity contribution is 8.00. The van der Waals surface area contributed by atoms with E-state index < -0.39 is 29.3 Å². The molecule has 0 spiro atoms. The number of carbonyl (C=O) groups excluding carboxylic acids is 2. The van der Waals surface area contributed by atoms with Gasteiger partial charge < -0.3 is 9.84 Å². The monoisotopic (exact) mass is 691 g/mol. The van der Waals surface area contributed by atoms with E-state index in [0.29, 0.717) is 32.5 Å². The smallest absolute Gasteiger partial charge is 0.301 e. The van der Waals surface area contributed by atoms with Gasteiger partial charge in [0.15, 0.2) is 4.34 Å². The summed E-state index contributed by atoms with van der Waals surface area (Å²) < 4.78 is 21.7. The Morgan fingerprint density at radius 3 is 2.52 bits per heavy atom. The number of hydrogen-bond acceptors (Lipinski definition) is 8. The number of hydrogen-bond donors (Lipinski definition) is 1. The molecule has 0 radical (unpaired) electrons. The number of thioether (sulfide) groups is 1. The Hall–Kier alpha value is -4.22. The van der Waals surface area contributed by atoms with Crippen molar-refractivity contribution in [3.05, 3.63) is 140 Å². The molecular formula is C34H24Cl2FN3O4S2. The molecule has 4 aromatic carbocycles. The highest BCUT2D eigenvalue weighted by Crippen LogP contribution is 2.45. The zero-order valence-corrected chi connectivity index (χ0v) is 27.3. The van der Waals surface area contributed by atoms with Gasteiger partial charge in [-0.05, 0) is 60.5 Å². The summed E-state index contributed by atoms with van der Waals surface area (Å²) in [6, 6.07) is 24.1. The maximum absolute atomic E-state index is 15.3. The third-order valence-corrected chi connectivity index (χ3v) is 9.92. The van der Waals surface area contributed by atoms with E-state index in [4.69, 9.17) is 27.9 Å². The molecule has 6 rings (SSSR count). The van der Waals surface area contributed by atoms with E-state index in [1.807, 2.05) is 31.2 Å². The Balaban J connectivity index is 1.30. The third kappa shape index (κ3) is 6.66. The molecule has 46 heavy (non-hydrogen) atoms. The fourth-order valence-electron chi connectivity index (χ4n) is 4.99. The lowest BCUT2D eigenvalue weighted by atomic mass is 9.95. The zero-order valence-electron chi connectivity index (χ0n) is 24.1. The Morgan fingerprint density at radius 2 is 1.78 bits per heavy atom. The molecule has 5 aromatic rings. The van der Waals surface area contributed by atoms with E-state index in [0.717, 1.165) is 32.9 Å². The molecule has 232 valence electrons. The molecule has 1 N–H and O–H groups in total. The standard InChI is InChI=1S/C34H24Cl2FN3O4S2/c1-19-5-4-6-20(15-19)17-44-24-13-10-21(11-14-24)30(41)28-29(25-7-2-3-8-27(25)37)40(32(43)31(28)42)33-38-39-34(46-33)45-18-22-9-12-23(35)16-26(22)36/h2-16,29,41H,17-18H2,1H3. The average molecular weight is 693 g/mol. The van der Waals surface area contributed by atoms with E-state index in [9.17, 15) is 14.7 Å². The second kappa shape index (κ2) is 13.6. The van der Waals surface area contributed by atoms with Crippen molar-refractivity contribution < 1.29 is 23.8 Å². The van der Waals surface area contributed by atoms with E-state index in [1.54, 1.807) is 48.5 Å². The number of aromatic nitrogens is 2. The lowest BCUT2D eigenvalue weighted by molar-refractivity contribution is -0.132. The van der Waals surface area contributed by atoms with Crippen LogP contribution in [0.25, 0.3) is 5.76 Å². The number of rotatable bonds is 9. The minimum atomic E-state index is -1.28. The summed E-state index contributed by atoms with van der Waals surface area (Å²) in [6.45, 7) is 2.35. The van der Waals surface area contributed by atoms with Gasteiger partial charge in [0.2, 0.25) is 5.13 Å². The van der Waals surface area contributed by atoms with Gasteiger partial charge in [-0.3, -0.25) is 14.5 Å². The van der Waals surface area contributed by atoms with E-state index in [1.165, 1.54) is 30.0 Å². The topological polar surface area (TPSA) is 92.6 Å². The van der Waals surface area contributed by atoms with Crippen molar-refractivity contribution >= 4 is 68.9 Å². The molecule has 12 heteroatoms. The molecule has 0 aliphatic carbocycles. The average Bonchev–Trinajstić information content (AvgIpc) is 3.61. The Morgan fingerprint density at radius 1 is 1.00 bits per heavy atom. The predicted octanol–water partition coefficient (Wildman–Crippen LogP) is 8.79. The first-order valence-corrected chi connectivity index (χ1v) is 16.5. The lowest BCUT2D eigenvalue weighted by Gasteiger charge is -2.22. The summed E-state index contributed by atoms with van der Waals surface area (Å²) in [7, 11) is 0. The Labute approximate surface area is 282 Å². The van der Waals surface area contributed by atoms with Crippen molar-refractivity contribution in [2.45, 2.75) is 29.7 Å². The second-order valence-electron chi connectivity index (χ2n) is 10.4. The van der Waals surface area contributed by atoms with Gasteiger partial charge in [-0.15, -0.1) is 10.2 Å². The van der Waals surface area contributed by atoms with Crippen molar-refractivity contribution in [2.75, 3.05) is 4.90 Å². The number of nitrogens with zero attached hydrogens (tertiary/aromatic N) is 3. The van der Waals surface area contributed by atoms with Crippen LogP contribution in [0.5, 0.6) is 5.75 Å². The number of carbonyl (C=O) groups is 2. The van der Waals surface area contributed by atoms with Crippen LogP contribution in [0.2, 0.25) is 10.0 Å². The quantitative estimate of drug-likeness (QED) is 0.0543. The first-order chi connectivity index (χ1) is 22.2. The number of aliphatic hydroxyl groups excluding tert-OH is 1. The van der Waals surface area contributed by atoms with Gasteiger partial charge in [0, 0.05) is 26.9 Å². The van der Waals surface area contributed by atoms with Gasteiger partial charge >= 0.3 is 5.91 Å². The van der Waals surface area contributed by atoms with Crippen LogP contribution < -0.4 is 9.64 Å². The molecule has 1 amide bonds. The highest BCUT2D eigenvalue weighted by atomic mass is 35.5. The van der Waals surface area contributed by atoms with Crippen LogP contribution in [-0.4, -0.2) is 27.0 Å². The van der Waals surface area contributed by atoms with Crippen LogP contribution in [0.1, 0.15) is 33.9 Å². The van der Waals surface area contributed by atoms with Crippen molar-refractivity contribution in [3.8, 4) is 5.75 Å². The van der Waals surface area contributed by atoms with E-state index in [2.05, 4.69) is 10.2 Å². The number of ether oxygens (including phenoxy) is 1. The lowest BCUT2D eigenvalue weighted by Crippen LogP contribution is -2.29. The molecule has 1 aliphatic heterocycles. The molecule has 1 atom stereocenters. The fraction of sp³-hybridized carbons (Fsp3) is 0.118. The van der Waals surface area contributed by atoms with Crippen molar-refractivity contribution in [2.24, 2.45) is 0 Å². The number of anilines is 1. The van der Waals surface area contributed by atoms with Crippen LogP contribution in [0, 0.1) is 12.7 Å². The largest absolute Gasteiger partial charge is 0.507 e. The normalized spacial score (nSPS) is 15.8. The number of aliphatic hydroxyl groups is 1. The van der Waals surface area contributed by atoms with Crippen LogP contribution >= 0.6 is 46.3 Å². The minimum Gasteiger partial charge on any atom is -0.507 e. The summed E-state index contributed by atoms with van der Waals surface area (Å²) in [5, 5.41) is 20.9. The van der Waals surface area contributed by atoms with Gasteiger partial charge in [-0.2, -0.15) is 0 Å². The molecule has 7 nitrogen and oxygen atoms in total. The summed E-state index contributed by atoms with van der Waals surface area (Å²) in [5.74, 6) is -2.03. The molecular weight excluding hydrogens is 668 g/mol. The summed E-state index contributed by atoms with van der Waals surface area (Å²) in [6.07, 6.45) is 0. The number of aryl methyl sites for hydroxylation is 1. The maximum Gasteiger partial charge on any atom is 0.301 e. The van der Waals surface area contributed by atoms with Gasteiger partial charge in [0.05, 0.1) is 5.57 Å². The minimum absolute atomic E-state index is 0.0266. The molecule has 1 saturated heterocycles. The van der Waals surface area contributed by atoms with Gasteiger partial charge in [-0.25, -0.2) is 4.39 Å². The molecule has 1 aliphatic rings. The van der Waals surface area contributed by atoms with Crippen molar-refractivity contribution in [1.82, 2.24) is 10.2 Å². The molecule has 0 saturated carbocycles. The Bertz CT molecular complexity index is 1980. The first kappa shape index (κ1) is 31.7.